The summed E-state index contributed by atoms with van der Waals surface area (Å²) in [5.74, 6) is 2.77. The number of nitrogens with one attached hydrogen (secondary N) is 1. The first-order chi connectivity index (χ1) is 8.31. The Labute approximate surface area is 108 Å². The summed E-state index contributed by atoms with van der Waals surface area (Å²) < 4.78 is 10.5. The van der Waals surface area contributed by atoms with E-state index >= 15 is 0 Å². The van der Waals surface area contributed by atoms with Crippen LogP contribution in [0.2, 0.25) is 0 Å². The van der Waals surface area contributed by atoms with Crippen molar-refractivity contribution in [1.82, 2.24) is 5.32 Å². The molecule has 3 nitrogen and oxygen atoms in total. The highest BCUT2D eigenvalue weighted by atomic mass is 32.2. The van der Waals surface area contributed by atoms with E-state index in [9.17, 15) is 0 Å². The summed E-state index contributed by atoms with van der Waals surface area (Å²) in [5.41, 5.74) is 1.21. The SMILES string of the molecule is COc1ccc(CNCCCSC)cc1OC. The Morgan fingerprint density at radius 2 is 1.94 bits per heavy atom. The lowest BCUT2D eigenvalue weighted by molar-refractivity contribution is 0.354. The Morgan fingerprint density at radius 3 is 2.59 bits per heavy atom. The van der Waals surface area contributed by atoms with Gasteiger partial charge in [0.1, 0.15) is 0 Å². The van der Waals surface area contributed by atoms with Gasteiger partial charge >= 0.3 is 0 Å². The van der Waals surface area contributed by atoms with Crippen LogP contribution in [0.4, 0.5) is 0 Å². The highest BCUT2D eigenvalue weighted by Gasteiger charge is 2.03. The first-order valence-corrected chi connectivity index (χ1v) is 7.11. The molecule has 17 heavy (non-hydrogen) atoms. The molecule has 0 heterocycles. The Kier molecular flexibility index (Phi) is 6.89. The van der Waals surface area contributed by atoms with Gasteiger partial charge in [-0.05, 0) is 42.7 Å². The molecule has 0 atom stereocenters. The third-order valence-corrected chi connectivity index (χ3v) is 3.18. The highest BCUT2D eigenvalue weighted by molar-refractivity contribution is 7.98. The molecule has 0 radical (unpaired) electrons. The van der Waals surface area contributed by atoms with Crippen LogP contribution in [0.5, 0.6) is 11.5 Å². The van der Waals surface area contributed by atoms with Gasteiger partial charge in [0.2, 0.25) is 0 Å². The molecule has 0 aliphatic carbocycles. The Hall–Kier alpha value is -0.870. The summed E-state index contributed by atoms with van der Waals surface area (Å²) in [6, 6.07) is 6.01. The molecule has 0 bridgehead atoms. The molecule has 0 unspecified atom stereocenters. The standard InChI is InChI=1S/C13H21NO2S/c1-15-12-6-5-11(9-13(12)16-2)10-14-7-4-8-17-3/h5-6,9,14H,4,7-8,10H2,1-3H3. The second kappa shape index (κ2) is 8.25. The average molecular weight is 255 g/mol. The smallest absolute Gasteiger partial charge is 0.161 e. The van der Waals surface area contributed by atoms with Crippen LogP contribution >= 0.6 is 11.8 Å². The molecule has 0 aromatic heterocycles. The van der Waals surface area contributed by atoms with E-state index in [2.05, 4.69) is 17.6 Å². The normalized spacial score (nSPS) is 10.3. The summed E-state index contributed by atoms with van der Waals surface area (Å²) >= 11 is 1.88. The third-order valence-electron chi connectivity index (χ3n) is 2.48. The molecular weight excluding hydrogens is 234 g/mol. The maximum atomic E-state index is 5.27. The van der Waals surface area contributed by atoms with Gasteiger partial charge < -0.3 is 14.8 Å². The van der Waals surface area contributed by atoms with Crippen molar-refractivity contribution in [2.75, 3.05) is 32.8 Å². The van der Waals surface area contributed by atoms with Crippen molar-refractivity contribution in [2.24, 2.45) is 0 Å². The molecule has 1 N–H and O–H groups in total. The molecule has 0 spiro atoms. The molecule has 1 aromatic rings. The van der Waals surface area contributed by atoms with Crippen molar-refractivity contribution >= 4 is 11.8 Å². The summed E-state index contributed by atoms with van der Waals surface area (Å²) in [6.07, 6.45) is 3.34. The van der Waals surface area contributed by atoms with E-state index < -0.39 is 0 Å². The minimum Gasteiger partial charge on any atom is -0.493 e. The van der Waals surface area contributed by atoms with E-state index in [-0.39, 0.29) is 0 Å². The second-order valence-electron chi connectivity index (χ2n) is 3.71. The molecule has 1 aromatic carbocycles. The number of ether oxygens (including phenoxy) is 2. The van der Waals surface area contributed by atoms with Gasteiger partial charge in [0.25, 0.3) is 0 Å². The maximum absolute atomic E-state index is 5.27. The van der Waals surface area contributed by atoms with Crippen molar-refractivity contribution in [1.29, 1.82) is 0 Å². The molecule has 0 saturated heterocycles. The molecular formula is C13H21NO2S. The Bertz CT molecular complexity index is 331. The van der Waals surface area contributed by atoms with Gasteiger partial charge in [-0.3, -0.25) is 0 Å². The lowest BCUT2D eigenvalue weighted by Crippen LogP contribution is -2.15. The lowest BCUT2D eigenvalue weighted by atomic mass is 10.2. The van der Waals surface area contributed by atoms with Crippen LogP contribution in [0.3, 0.4) is 0 Å². The summed E-state index contributed by atoms with van der Waals surface area (Å²) in [5, 5.41) is 3.42. The van der Waals surface area contributed by atoms with E-state index in [0.717, 1.165) is 24.6 Å². The number of hydrogen-bond acceptors (Lipinski definition) is 4. The molecule has 4 heteroatoms. The summed E-state index contributed by atoms with van der Waals surface area (Å²) in [6.45, 7) is 1.92. The minimum atomic E-state index is 0.777. The molecule has 0 aliphatic rings. The summed E-state index contributed by atoms with van der Waals surface area (Å²) in [4.78, 5) is 0. The molecule has 0 amide bonds. The van der Waals surface area contributed by atoms with Crippen molar-refractivity contribution in [3.8, 4) is 11.5 Å². The average Bonchev–Trinajstić information content (AvgIpc) is 2.38. The maximum Gasteiger partial charge on any atom is 0.161 e. The van der Waals surface area contributed by atoms with Crippen LogP contribution in [0.1, 0.15) is 12.0 Å². The molecule has 0 aliphatic heterocycles. The largest absolute Gasteiger partial charge is 0.493 e. The Morgan fingerprint density at radius 1 is 1.18 bits per heavy atom. The molecule has 1 rings (SSSR count). The van der Waals surface area contributed by atoms with Crippen molar-refractivity contribution in [3.63, 3.8) is 0 Å². The van der Waals surface area contributed by atoms with Gasteiger partial charge in [-0.1, -0.05) is 6.07 Å². The monoisotopic (exact) mass is 255 g/mol. The predicted molar refractivity (Wildman–Crippen MR) is 74.3 cm³/mol. The number of methoxy groups -OCH3 is 2. The first-order valence-electron chi connectivity index (χ1n) is 5.72. The summed E-state index contributed by atoms with van der Waals surface area (Å²) in [7, 11) is 3.31. The van der Waals surface area contributed by atoms with E-state index in [4.69, 9.17) is 9.47 Å². The fraction of sp³-hybridized carbons (Fsp3) is 0.538. The minimum absolute atomic E-state index is 0.777. The fourth-order valence-electron chi connectivity index (χ4n) is 1.56. The molecule has 0 fully saturated rings. The number of benzene rings is 1. The van der Waals surface area contributed by atoms with Crippen LogP contribution in [0, 0.1) is 0 Å². The van der Waals surface area contributed by atoms with Gasteiger partial charge in [-0.25, -0.2) is 0 Å². The van der Waals surface area contributed by atoms with Gasteiger partial charge in [-0.2, -0.15) is 11.8 Å². The zero-order valence-electron chi connectivity index (χ0n) is 10.8. The van der Waals surface area contributed by atoms with Crippen LogP contribution in [-0.4, -0.2) is 32.8 Å². The zero-order valence-corrected chi connectivity index (χ0v) is 11.6. The van der Waals surface area contributed by atoms with Crippen molar-refractivity contribution in [2.45, 2.75) is 13.0 Å². The van der Waals surface area contributed by atoms with Crippen molar-refractivity contribution < 1.29 is 9.47 Å². The van der Waals surface area contributed by atoms with E-state index in [1.165, 1.54) is 17.7 Å². The van der Waals surface area contributed by atoms with E-state index in [1.807, 2.05) is 23.9 Å². The van der Waals surface area contributed by atoms with Gasteiger partial charge in [0.05, 0.1) is 14.2 Å². The quantitative estimate of drug-likeness (QED) is 0.723. The lowest BCUT2D eigenvalue weighted by Gasteiger charge is -2.10. The van der Waals surface area contributed by atoms with E-state index in [1.54, 1.807) is 14.2 Å². The van der Waals surface area contributed by atoms with Crippen molar-refractivity contribution in [3.05, 3.63) is 23.8 Å². The van der Waals surface area contributed by atoms with Crippen LogP contribution in [0.25, 0.3) is 0 Å². The van der Waals surface area contributed by atoms with E-state index in [0.29, 0.717) is 0 Å². The number of hydrogen-bond donors (Lipinski definition) is 1. The zero-order chi connectivity index (χ0) is 12.5. The van der Waals surface area contributed by atoms with Crippen LogP contribution in [-0.2, 0) is 6.54 Å². The number of thioether (sulfide) groups is 1. The number of rotatable bonds is 8. The van der Waals surface area contributed by atoms with Gasteiger partial charge in [0, 0.05) is 6.54 Å². The second-order valence-corrected chi connectivity index (χ2v) is 4.70. The van der Waals surface area contributed by atoms with Crippen LogP contribution in [0.15, 0.2) is 18.2 Å². The topological polar surface area (TPSA) is 30.5 Å². The first kappa shape index (κ1) is 14.2. The van der Waals surface area contributed by atoms with Gasteiger partial charge in [-0.15, -0.1) is 0 Å². The molecule has 0 saturated carbocycles. The third kappa shape index (κ3) is 4.88. The predicted octanol–water partition coefficient (Wildman–Crippen LogP) is 2.55. The van der Waals surface area contributed by atoms with Crippen LogP contribution < -0.4 is 14.8 Å². The fourth-order valence-corrected chi connectivity index (χ4v) is 2.00. The highest BCUT2D eigenvalue weighted by Crippen LogP contribution is 2.27. The van der Waals surface area contributed by atoms with Gasteiger partial charge in [0.15, 0.2) is 11.5 Å². The Balaban J connectivity index is 2.43. The molecule has 96 valence electrons.